The van der Waals surface area contributed by atoms with Gasteiger partial charge in [-0.05, 0) is 36.3 Å². The van der Waals surface area contributed by atoms with Gasteiger partial charge >= 0.3 is 0 Å². The van der Waals surface area contributed by atoms with Crippen LogP contribution in [0.25, 0.3) is 22.0 Å². The molecule has 1 N–H and O–H groups in total. The third kappa shape index (κ3) is 3.81. The average molecular weight is 402 g/mol. The van der Waals surface area contributed by atoms with Crippen LogP contribution in [0.3, 0.4) is 0 Å². The summed E-state index contributed by atoms with van der Waals surface area (Å²) in [6.45, 7) is 0.557. The Labute approximate surface area is 163 Å². The van der Waals surface area contributed by atoms with Crippen LogP contribution in [0.5, 0.6) is 5.75 Å². The molecule has 0 radical (unpaired) electrons. The van der Waals surface area contributed by atoms with Gasteiger partial charge in [-0.3, -0.25) is 4.79 Å². The molecule has 1 saturated carbocycles. The Bertz CT molecular complexity index is 1100. The van der Waals surface area contributed by atoms with Gasteiger partial charge in [0.2, 0.25) is 0 Å². The zero-order chi connectivity index (χ0) is 19.8. The Morgan fingerprint density at radius 3 is 2.89 bits per heavy atom. The van der Waals surface area contributed by atoms with Crippen molar-refractivity contribution in [2.75, 3.05) is 17.6 Å². The van der Waals surface area contributed by atoms with Gasteiger partial charge in [0.05, 0.1) is 29.6 Å². The molecule has 9 heteroatoms. The first-order valence-electron chi connectivity index (χ1n) is 8.81. The van der Waals surface area contributed by atoms with E-state index in [1.807, 2.05) is 0 Å². The van der Waals surface area contributed by atoms with Crippen molar-refractivity contribution in [3.63, 3.8) is 0 Å². The molecular formula is C19H19FN4O3S. The molecule has 1 aliphatic rings. The number of nitrogens with one attached hydrogen (secondary N) is 1. The second-order valence-electron chi connectivity index (χ2n) is 6.87. The summed E-state index contributed by atoms with van der Waals surface area (Å²) < 4.78 is 35.2. The molecule has 3 aromatic rings. The SMILES string of the molecule is Cn1cc(-c2nc(N[S+](C)[O-])ncc2OCC2CC2)c2ccc(F)cc2c1=O. The molecule has 1 unspecified atom stereocenters. The fourth-order valence-corrected chi connectivity index (χ4v) is 3.32. The van der Waals surface area contributed by atoms with Gasteiger partial charge in [0.25, 0.3) is 11.5 Å². The molecular weight excluding hydrogens is 383 g/mol. The van der Waals surface area contributed by atoms with Gasteiger partial charge in [-0.1, -0.05) is 6.07 Å². The molecule has 1 fully saturated rings. The molecule has 4 rings (SSSR count). The maximum atomic E-state index is 13.7. The molecule has 146 valence electrons. The van der Waals surface area contributed by atoms with Gasteiger partial charge in [0.1, 0.15) is 17.8 Å². The van der Waals surface area contributed by atoms with Crippen LogP contribution in [0, 0.1) is 11.7 Å². The highest BCUT2D eigenvalue weighted by Gasteiger charge is 2.24. The molecule has 0 saturated heterocycles. The lowest BCUT2D eigenvalue weighted by Crippen LogP contribution is -2.17. The van der Waals surface area contributed by atoms with Crippen LogP contribution in [0.2, 0.25) is 0 Å². The molecule has 1 aromatic carbocycles. The zero-order valence-corrected chi connectivity index (χ0v) is 16.3. The molecule has 2 aromatic heterocycles. The average Bonchev–Trinajstić information content (AvgIpc) is 3.48. The highest BCUT2D eigenvalue weighted by molar-refractivity contribution is 7.91. The number of halogens is 1. The summed E-state index contributed by atoms with van der Waals surface area (Å²) in [5.74, 6) is 0.681. The first-order valence-corrected chi connectivity index (χ1v) is 10.4. The number of hydrogen-bond acceptors (Lipinski definition) is 6. The number of aromatic nitrogens is 3. The van der Waals surface area contributed by atoms with Crippen LogP contribution < -0.4 is 15.0 Å². The third-order valence-corrected chi connectivity index (χ3v) is 5.03. The van der Waals surface area contributed by atoms with E-state index in [0.717, 1.165) is 12.8 Å². The van der Waals surface area contributed by atoms with Gasteiger partial charge in [-0.15, -0.1) is 0 Å². The minimum atomic E-state index is -1.35. The van der Waals surface area contributed by atoms with Crippen molar-refractivity contribution in [3.05, 3.63) is 46.8 Å². The minimum Gasteiger partial charge on any atom is -0.593 e. The smallest absolute Gasteiger partial charge is 0.265 e. The quantitative estimate of drug-likeness (QED) is 0.638. The summed E-state index contributed by atoms with van der Waals surface area (Å²) in [4.78, 5) is 21.1. The van der Waals surface area contributed by atoms with E-state index in [1.54, 1.807) is 19.3 Å². The van der Waals surface area contributed by atoms with Gasteiger partial charge in [0, 0.05) is 18.8 Å². The van der Waals surface area contributed by atoms with E-state index in [2.05, 4.69) is 14.7 Å². The van der Waals surface area contributed by atoms with Gasteiger partial charge < -0.3 is 13.9 Å². The molecule has 0 amide bonds. The lowest BCUT2D eigenvalue weighted by atomic mass is 10.0. The highest BCUT2D eigenvalue weighted by atomic mass is 32.2. The van der Waals surface area contributed by atoms with E-state index in [-0.39, 0.29) is 16.9 Å². The van der Waals surface area contributed by atoms with Crippen LogP contribution >= 0.6 is 0 Å². The van der Waals surface area contributed by atoms with E-state index in [4.69, 9.17) is 4.74 Å². The molecule has 28 heavy (non-hydrogen) atoms. The van der Waals surface area contributed by atoms with Crippen molar-refractivity contribution in [3.8, 4) is 17.0 Å². The van der Waals surface area contributed by atoms with Crippen LogP contribution in [-0.2, 0) is 18.4 Å². The number of anilines is 1. The van der Waals surface area contributed by atoms with Crippen LogP contribution in [0.1, 0.15) is 12.8 Å². The van der Waals surface area contributed by atoms with E-state index < -0.39 is 17.2 Å². The van der Waals surface area contributed by atoms with Crippen molar-refractivity contribution in [2.24, 2.45) is 13.0 Å². The Kier molecular flexibility index (Phi) is 4.94. The molecule has 2 heterocycles. The fourth-order valence-electron chi connectivity index (χ4n) is 2.97. The van der Waals surface area contributed by atoms with Crippen molar-refractivity contribution >= 4 is 28.1 Å². The van der Waals surface area contributed by atoms with Crippen molar-refractivity contribution in [1.82, 2.24) is 14.5 Å². The third-order valence-electron chi connectivity index (χ3n) is 4.56. The molecule has 7 nitrogen and oxygen atoms in total. The summed E-state index contributed by atoms with van der Waals surface area (Å²) in [7, 11) is 1.60. The number of hydrogen-bond donors (Lipinski definition) is 1. The van der Waals surface area contributed by atoms with Crippen molar-refractivity contribution < 1.29 is 13.7 Å². The number of fused-ring (bicyclic) bond motifs is 1. The first-order chi connectivity index (χ1) is 13.4. The molecule has 0 bridgehead atoms. The van der Waals surface area contributed by atoms with Crippen LogP contribution in [-0.4, -0.2) is 32.0 Å². The molecule has 1 atom stereocenters. The summed E-state index contributed by atoms with van der Waals surface area (Å²) >= 11 is -1.35. The van der Waals surface area contributed by atoms with E-state index in [0.29, 0.717) is 34.9 Å². The molecule has 1 aliphatic carbocycles. The summed E-state index contributed by atoms with van der Waals surface area (Å²) in [6, 6.07) is 4.07. The number of ether oxygens (including phenoxy) is 1. The summed E-state index contributed by atoms with van der Waals surface area (Å²) in [5.41, 5.74) is 0.756. The normalized spacial score (nSPS) is 14.9. The first kappa shape index (κ1) is 18.7. The zero-order valence-electron chi connectivity index (χ0n) is 15.4. The van der Waals surface area contributed by atoms with E-state index in [1.165, 1.54) is 29.2 Å². The maximum Gasteiger partial charge on any atom is 0.265 e. The number of aryl methyl sites for hydroxylation is 1. The second kappa shape index (κ2) is 7.40. The predicted molar refractivity (Wildman–Crippen MR) is 106 cm³/mol. The number of benzene rings is 1. The highest BCUT2D eigenvalue weighted by Crippen LogP contribution is 2.35. The van der Waals surface area contributed by atoms with Gasteiger partial charge in [-0.25, -0.2) is 14.4 Å². The van der Waals surface area contributed by atoms with Gasteiger partial charge in [0.15, 0.2) is 5.75 Å². The number of nitrogens with zero attached hydrogens (tertiary/aromatic N) is 3. The standard InChI is InChI=1S/C19H19FN4O3S/c1-24-9-15(13-6-5-12(20)7-14(13)18(24)25)17-16(27-10-11-3-4-11)8-21-19(22-17)23-28(2)26/h5-9,11H,3-4,10H2,1-2H3,(H,21,22,23). The lowest BCUT2D eigenvalue weighted by molar-refractivity contribution is 0.299. The van der Waals surface area contributed by atoms with E-state index in [9.17, 15) is 13.7 Å². The number of rotatable bonds is 6. The fraction of sp³-hybridized carbons (Fsp3) is 0.316. The van der Waals surface area contributed by atoms with Gasteiger partial charge in [-0.2, -0.15) is 4.72 Å². The maximum absolute atomic E-state index is 13.7. The monoisotopic (exact) mass is 402 g/mol. The predicted octanol–water partition coefficient (Wildman–Crippen LogP) is 2.63. The Morgan fingerprint density at radius 2 is 2.18 bits per heavy atom. The van der Waals surface area contributed by atoms with E-state index >= 15 is 0 Å². The lowest BCUT2D eigenvalue weighted by Gasteiger charge is -2.15. The van der Waals surface area contributed by atoms with Crippen LogP contribution in [0.15, 0.2) is 35.4 Å². The Morgan fingerprint density at radius 1 is 1.39 bits per heavy atom. The summed E-state index contributed by atoms with van der Waals surface area (Å²) in [6.07, 6.45) is 6.91. The Hall–Kier alpha value is -2.65. The second-order valence-corrected chi connectivity index (χ2v) is 7.98. The largest absolute Gasteiger partial charge is 0.593 e. The minimum absolute atomic E-state index is 0.179. The molecule has 0 aliphatic heterocycles. The van der Waals surface area contributed by atoms with Crippen molar-refractivity contribution in [1.29, 1.82) is 0 Å². The molecule has 0 spiro atoms. The Balaban J connectivity index is 1.90. The van der Waals surface area contributed by atoms with Crippen molar-refractivity contribution in [2.45, 2.75) is 12.8 Å². The number of pyridine rings is 1. The summed E-state index contributed by atoms with van der Waals surface area (Å²) in [5, 5.41) is 0.809. The van der Waals surface area contributed by atoms with Crippen LogP contribution in [0.4, 0.5) is 10.3 Å². The topological polar surface area (TPSA) is 92.1 Å².